The van der Waals surface area contributed by atoms with Crippen molar-refractivity contribution in [3.05, 3.63) is 0 Å². The molecule has 0 aromatic carbocycles. The first-order valence-electron chi connectivity index (χ1n) is 7.47. The SMILES string of the molecule is CS(=O)(=O)N1CCC(NC(=O)N2CCCCCC2)CC1. The van der Waals surface area contributed by atoms with Crippen LogP contribution in [0.15, 0.2) is 0 Å². The molecule has 0 aromatic heterocycles. The molecule has 2 heterocycles. The molecule has 1 N–H and O–H groups in total. The van der Waals surface area contributed by atoms with Gasteiger partial charge in [-0.2, -0.15) is 0 Å². The number of piperidine rings is 1. The average Bonchev–Trinajstić information content (AvgIpc) is 2.67. The van der Waals surface area contributed by atoms with Crippen LogP contribution in [-0.4, -0.2) is 62.1 Å². The van der Waals surface area contributed by atoms with E-state index >= 15 is 0 Å². The first-order valence-corrected chi connectivity index (χ1v) is 9.32. The fraction of sp³-hybridized carbons (Fsp3) is 0.923. The minimum absolute atomic E-state index is 0.0182. The predicted octanol–water partition coefficient (Wildman–Crippen LogP) is 0.996. The number of carbonyl (C=O) groups is 1. The van der Waals surface area contributed by atoms with E-state index in [1.165, 1.54) is 23.4 Å². The van der Waals surface area contributed by atoms with Gasteiger partial charge in [-0.25, -0.2) is 17.5 Å². The molecule has 0 bridgehead atoms. The van der Waals surface area contributed by atoms with Gasteiger partial charge in [0, 0.05) is 32.2 Å². The van der Waals surface area contributed by atoms with Crippen LogP contribution in [0.2, 0.25) is 0 Å². The lowest BCUT2D eigenvalue weighted by Crippen LogP contribution is -2.50. The summed E-state index contributed by atoms with van der Waals surface area (Å²) >= 11 is 0. The van der Waals surface area contributed by atoms with Crippen LogP contribution in [0.4, 0.5) is 4.79 Å². The Morgan fingerprint density at radius 3 is 2.05 bits per heavy atom. The van der Waals surface area contributed by atoms with Crippen LogP contribution in [0.5, 0.6) is 0 Å². The zero-order valence-corrected chi connectivity index (χ0v) is 13.0. The molecular formula is C13H25N3O3S. The minimum atomic E-state index is -3.09. The van der Waals surface area contributed by atoms with Crippen molar-refractivity contribution in [1.82, 2.24) is 14.5 Å². The fourth-order valence-corrected chi connectivity index (χ4v) is 3.75. The van der Waals surface area contributed by atoms with Crippen molar-refractivity contribution < 1.29 is 13.2 Å². The maximum absolute atomic E-state index is 12.2. The van der Waals surface area contributed by atoms with E-state index in [-0.39, 0.29) is 12.1 Å². The summed E-state index contributed by atoms with van der Waals surface area (Å²) in [6, 6.07) is 0.119. The molecular weight excluding hydrogens is 278 g/mol. The van der Waals surface area contributed by atoms with Crippen LogP contribution in [0.25, 0.3) is 0 Å². The highest BCUT2D eigenvalue weighted by Crippen LogP contribution is 2.14. The largest absolute Gasteiger partial charge is 0.335 e. The van der Waals surface area contributed by atoms with Gasteiger partial charge in [0.1, 0.15) is 0 Å². The van der Waals surface area contributed by atoms with E-state index in [9.17, 15) is 13.2 Å². The third-order valence-electron chi connectivity index (χ3n) is 4.14. The summed E-state index contributed by atoms with van der Waals surface area (Å²) in [6.45, 7) is 2.69. The highest BCUT2D eigenvalue weighted by molar-refractivity contribution is 7.88. The highest BCUT2D eigenvalue weighted by Gasteiger charge is 2.27. The number of rotatable bonds is 2. The van der Waals surface area contributed by atoms with E-state index in [1.54, 1.807) is 0 Å². The third-order valence-corrected chi connectivity index (χ3v) is 5.45. The lowest BCUT2D eigenvalue weighted by atomic mass is 10.1. The number of urea groups is 1. The van der Waals surface area contributed by atoms with E-state index in [4.69, 9.17) is 0 Å². The second kappa shape index (κ2) is 6.76. The van der Waals surface area contributed by atoms with Crippen molar-refractivity contribution in [3.8, 4) is 0 Å². The molecule has 20 heavy (non-hydrogen) atoms. The van der Waals surface area contributed by atoms with Gasteiger partial charge in [0.15, 0.2) is 0 Å². The van der Waals surface area contributed by atoms with Crippen molar-refractivity contribution in [2.45, 2.75) is 44.6 Å². The van der Waals surface area contributed by atoms with Crippen molar-refractivity contribution in [2.75, 3.05) is 32.4 Å². The summed E-state index contributed by atoms with van der Waals surface area (Å²) in [5, 5.41) is 3.05. The van der Waals surface area contributed by atoms with E-state index in [1.807, 2.05) is 4.90 Å². The number of carbonyl (C=O) groups excluding carboxylic acids is 1. The van der Waals surface area contributed by atoms with E-state index in [0.29, 0.717) is 25.9 Å². The van der Waals surface area contributed by atoms with Crippen molar-refractivity contribution >= 4 is 16.1 Å². The Hall–Kier alpha value is -0.820. The lowest BCUT2D eigenvalue weighted by molar-refractivity contribution is 0.189. The van der Waals surface area contributed by atoms with Crippen LogP contribution in [-0.2, 0) is 10.0 Å². The number of nitrogens with one attached hydrogen (secondary N) is 1. The number of sulfonamides is 1. The summed E-state index contributed by atoms with van der Waals surface area (Å²) in [4.78, 5) is 14.1. The molecule has 0 radical (unpaired) electrons. The molecule has 2 saturated heterocycles. The van der Waals surface area contributed by atoms with E-state index in [0.717, 1.165) is 25.9 Å². The van der Waals surface area contributed by atoms with Gasteiger partial charge >= 0.3 is 6.03 Å². The molecule has 7 heteroatoms. The van der Waals surface area contributed by atoms with E-state index in [2.05, 4.69) is 5.32 Å². The molecule has 0 spiro atoms. The number of amides is 2. The Balaban J connectivity index is 1.78. The smallest absolute Gasteiger partial charge is 0.317 e. The van der Waals surface area contributed by atoms with Gasteiger partial charge in [0.2, 0.25) is 10.0 Å². The van der Waals surface area contributed by atoms with Crippen molar-refractivity contribution in [1.29, 1.82) is 0 Å². The first kappa shape index (κ1) is 15.6. The van der Waals surface area contributed by atoms with Gasteiger partial charge in [0.05, 0.1) is 6.26 Å². The zero-order valence-electron chi connectivity index (χ0n) is 12.2. The molecule has 2 aliphatic rings. The predicted molar refractivity (Wildman–Crippen MR) is 78.0 cm³/mol. The Morgan fingerprint density at radius 2 is 1.55 bits per heavy atom. The fourth-order valence-electron chi connectivity index (χ4n) is 2.87. The van der Waals surface area contributed by atoms with Crippen LogP contribution in [0.3, 0.4) is 0 Å². The number of nitrogens with zero attached hydrogens (tertiary/aromatic N) is 2. The molecule has 6 nitrogen and oxygen atoms in total. The average molecular weight is 303 g/mol. The molecule has 2 aliphatic heterocycles. The van der Waals surface area contributed by atoms with Gasteiger partial charge in [0.25, 0.3) is 0 Å². The molecule has 0 aliphatic carbocycles. The monoisotopic (exact) mass is 303 g/mol. The summed E-state index contributed by atoms with van der Waals surface area (Å²) in [6.07, 6.45) is 7.22. The molecule has 2 rings (SSSR count). The second-order valence-corrected chi connectivity index (χ2v) is 7.77. The normalized spacial score (nSPS) is 23.4. The Bertz CT molecular complexity index is 422. The standard InChI is InChI=1S/C13H25N3O3S/c1-20(18,19)16-10-6-12(7-11-16)14-13(17)15-8-4-2-3-5-9-15/h12H,2-11H2,1H3,(H,14,17). The van der Waals surface area contributed by atoms with Gasteiger partial charge < -0.3 is 10.2 Å². The topological polar surface area (TPSA) is 69.7 Å². The molecule has 2 fully saturated rings. The third kappa shape index (κ3) is 4.34. The first-order chi connectivity index (χ1) is 9.47. The Kier molecular flexibility index (Phi) is 5.26. The highest BCUT2D eigenvalue weighted by atomic mass is 32.2. The second-order valence-electron chi connectivity index (χ2n) is 5.79. The Morgan fingerprint density at radius 1 is 1.00 bits per heavy atom. The van der Waals surface area contributed by atoms with Gasteiger partial charge in [-0.1, -0.05) is 12.8 Å². The summed E-state index contributed by atoms with van der Waals surface area (Å²) in [5.41, 5.74) is 0. The van der Waals surface area contributed by atoms with Gasteiger partial charge in [-0.3, -0.25) is 0 Å². The Labute approximate surface area is 121 Å². The minimum Gasteiger partial charge on any atom is -0.335 e. The maximum atomic E-state index is 12.2. The summed E-state index contributed by atoms with van der Waals surface area (Å²) in [5.74, 6) is 0. The lowest BCUT2D eigenvalue weighted by Gasteiger charge is -2.32. The summed E-state index contributed by atoms with van der Waals surface area (Å²) < 4.78 is 24.3. The van der Waals surface area contributed by atoms with Gasteiger partial charge in [-0.05, 0) is 25.7 Å². The number of likely N-dealkylation sites (tertiary alicyclic amines) is 1. The molecule has 2 amide bonds. The molecule has 0 aromatic rings. The van der Waals surface area contributed by atoms with Crippen LogP contribution in [0.1, 0.15) is 38.5 Å². The molecule has 0 unspecified atom stereocenters. The molecule has 0 atom stereocenters. The van der Waals surface area contributed by atoms with Crippen LogP contribution >= 0.6 is 0 Å². The zero-order chi connectivity index (χ0) is 14.6. The van der Waals surface area contributed by atoms with Gasteiger partial charge in [-0.15, -0.1) is 0 Å². The molecule has 116 valence electrons. The van der Waals surface area contributed by atoms with Crippen LogP contribution in [0, 0.1) is 0 Å². The molecule has 0 saturated carbocycles. The maximum Gasteiger partial charge on any atom is 0.317 e. The van der Waals surface area contributed by atoms with Crippen molar-refractivity contribution in [2.24, 2.45) is 0 Å². The number of hydrogen-bond donors (Lipinski definition) is 1. The van der Waals surface area contributed by atoms with Crippen LogP contribution < -0.4 is 5.32 Å². The quantitative estimate of drug-likeness (QED) is 0.827. The summed E-state index contributed by atoms with van der Waals surface area (Å²) in [7, 11) is -3.09. The van der Waals surface area contributed by atoms with E-state index < -0.39 is 10.0 Å². The van der Waals surface area contributed by atoms with Crippen molar-refractivity contribution in [3.63, 3.8) is 0 Å². The number of hydrogen-bond acceptors (Lipinski definition) is 3.